The van der Waals surface area contributed by atoms with Crippen LogP contribution in [0.4, 0.5) is 0 Å². The van der Waals surface area contributed by atoms with Crippen LogP contribution in [-0.2, 0) is 0 Å². The van der Waals surface area contributed by atoms with Gasteiger partial charge >= 0.3 is 0 Å². The molecule has 0 aromatic heterocycles. The SMILES string of the molecule is C1CC(N2CCN(CC3CC3)CC2)CN1. The molecule has 2 saturated heterocycles. The smallest absolute Gasteiger partial charge is 0.0233 e. The van der Waals surface area contributed by atoms with Crippen molar-refractivity contribution in [2.45, 2.75) is 25.3 Å². The summed E-state index contributed by atoms with van der Waals surface area (Å²) in [6.07, 6.45) is 4.35. The van der Waals surface area contributed by atoms with E-state index >= 15 is 0 Å². The second-order valence-electron chi connectivity index (χ2n) is 5.43. The Morgan fingerprint density at radius 1 is 1.00 bits per heavy atom. The zero-order chi connectivity index (χ0) is 10.1. The Morgan fingerprint density at radius 2 is 1.80 bits per heavy atom. The van der Waals surface area contributed by atoms with Crippen molar-refractivity contribution < 1.29 is 0 Å². The van der Waals surface area contributed by atoms with E-state index < -0.39 is 0 Å². The lowest BCUT2D eigenvalue weighted by atomic mass is 10.2. The van der Waals surface area contributed by atoms with E-state index in [4.69, 9.17) is 0 Å². The van der Waals surface area contributed by atoms with Crippen molar-refractivity contribution in [1.82, 2.24) is 15.1 Å². The molecule has 3 rings (SSSR count). The van der Waals surface area contributed by atoms with Crippen LogP contribution in [0.2, 0.25) is 0 Å². The molecule has 3 heteroatoms. The third-order valence-corrected chi connectivity index (χ3v) is 4.17. The van der Waals surface area contributed by atoms with Crippen molar-refractivity contribution >= 4 is 0 Å². The molecule has 2 aliphatic heterocycles. The van der Waals surface area contributed by atoms with Crippen LogP contribution >= 0.6 is 0 Å². The maximum Gasteiger partial charge on any atom is 0.0233 e. The minimum atomic E-state index is 0.841. The lowest BCUT2D eigenvalue weighted by Crippen LogP contribution is -2.51. The summed E-state index contributed by atoms with van der Waals surface area (Å²) in [6.45, 7) is 9.07. The van der Waals surface area contributed by atoms with Gasteiger partial charge in [-0.25, -0.2) is 0 Å². The highest BCUT2D eigenvalue weighted by Crippen LogP contribution is 2.30. The van der Waals surface area contributed by atoms with Gasteiger partial charge in [-0.05, 0) is 31.7 Å². The predicted molar refractivity (Wildman–Crippen MR) is 62.0 cm³/mol. The predicted octanol–water partition coefficient (Wildman–Crippen LogP) is 0.376. The van der Waals surface area contributed by atoms with Gasteiger partial charge in [0.05, 0.1) is 0 Å². The van der Waals surface area contributed by atoms with E-state index in [0.717, 1.165) is 12.0 Å². The highest BCUT2D eigenvalue weighted by atomic mass is 15.3. The third kappa shape index (κ3) is 2.52. The molecule has 15 heavy (non-hydrogen) atoms. The number of piperazine rings is 1. The third-order valence-electron chi connectivity index (χ3n) is 4.17. The summed E-state index contributed by atoms with van der Waals surface area (Å²) in [5.41, 5.74) is 0. The highest BCUT2D eigenvalue weighted by molar-refractivity contribution is 4.86. The molecule has 1 saturated carbocycles. The molecular formula is C12H23N3. The standard InChI is InChI=1S/C12H23N3/c1-2-11(1)10-14-5-7-15(8-6-14)12-3-4-13-9-12/h11-13H,1-10H2. The second-order valence-corrected chi connectivity index (χ2v) is 5.43. The summed E-state index contributed by atoms with van der Waals surface area (Å²) in [6, 6.07) is 0.841. The summed E-state index contributed by atoms with van der Waals surface area (Å²) in [5, 5.41) is 3.47. The molecule has 3 fully saturated rings. The van der Waals surface area contributed by atoms with Crippen LogP contribution in [0.3, 0.4) is 0 Å². The maximum absolute atomic E-state index is 3.47. The zero-order valence-electron chi connectivity index (χ0n) is 9.62. The fourth-order valence-corrected chi connectivity index (χ4v) is 2.93. The number of nitrogens with zero attached hydrogens (tertiary/aromatic N) is 2. The Labute approximate surface area is 92.8 Å². The quantitative estimate of drug-likeness (QED) is 0.725. The van der Waals surface area contributed by atoms with Crippen LogP contribution < -0.4 is 5.32 Å². The molecule has 1 atom stereocenters. The second kappa shape index (κ2) is 4.40. The average Bonchev–Trinajstić information content (AvgIpc) is 2.92. The van der Waals surface area contributed by atoms with Crippen molar-refractivity contribution in [3.63, 3.8) is 0 Å². The van der Waals surface area contributed by atoms with Gasteiger partial charge in [0.2, 0.25) is 0 Å². The minimum Gasteiger partial charge on any atom is -0.315 e. The first-order chi connectivity index (χ1) is 7.42. The van der Waals surface area contributed by atoms with Crippen molar-refractivity contribution in [1.29, 1.82) is 0 Å². The van der Waals surface area contributed by atoms with Crippen LogP contribution in [0.5, 0.6) is 0 Å². The fourth-order valence-electron chi connectivity index (χ4n) is 2.93. The van der Waals surface area contributed by atoms with Gasteiger partial charge in [-0.2, -0.15) is 0 Å². The molecule has 0 aromatic rings. The Bertz CT molecular complexity index is 201. The van der Waals surface area contributed by atoms with E-state index in [-0.39, 0.29) is 0 Å². The summed E-state index contributed by atoms with van der Waals surface area (Å²) >= 11 is 0. The average molecular weight is 209 g/mol. The summed E-state index contributed by atoms with van der Waals surface area (Å²) < 4.78 is 0. The van der Waals surface area contributed by atoms with Gasteiger partial charge in [-0.1, -0.05) is 0 Å². The summed E-state index contributed by atoms with van der Waals surface area (Å²) in [5.74, 6) is 1.06. The van der Waals surface area contributed by atoms with Crippen LogP contribution in [0.25, 0.3) is 0 Å². The summed E-state index contributed by atoms with van der Waals surface area (Å²) in [7, 11) is 0. The first kappa shape index (κ1) is 10.1. The maximum atomic E-state index is 3.47. The molecule has 1 unspecified atom stereocenters. The number of nitrogens with one attached hydrogen (secondary N) is 1. The first-order valence-electron chi connectivity index (χ1n) is 6.59. The van der Waals surface area contributed by atoms with E-state index in [1.807, 2.05) is 0 Å². The molecular weight excluding hydrogens is 186 g/mol. The Balaban J connectivity index is 1.42. The van der Waals surface area contributed by atoms with Gasteiger partial charge in [0.15, 0.2) is 0 Å². The number of hydrogen-bond acceptors (Lipinski definition) is 3. The molecule has 2 heterocycles. The van der Waals surface area contributed by atoms with Crippen molar-refractivity contribution in [2.24, 2.45) is 5.92 Å². The van der Waals surface area contributed by atoms with Gasteiger partial charge in [0, 0.05) is 45.3 Å². The lowest BCUT2D eigenvalue weighted by Gasteiger charge is -2.37. The Kier molecular flexibility index (Phi) is 2.95. The molecule has 3 nitrogen and oxygen atoms in total. The largest absolute Gasteiger partial charge is 0.315 e. The van der Waals surface area contributed by atoms with Crippen LogP contribution in [0.15, 0.2) is 0 Å². The highest BCUT2D eigenvalue weighted by Gasteiger charge is 2.29. The normalized spacial score (nSPS) is 34.8. The van der Waals surface area contributed by atoms with Crippen molar-refractivity contribution in [2.75, 3.05) is 45.8 Å². The Morgan fingerprint density at radius 3 is 2.40 bits per heavy atom. The molecule has 3 aliphatic rings. The number of rotatable bonds is 3. The number of hydrogen-bond donors (Lipinski definition) is 1. The molecule has 0 bridgehead atoms. The minimum absolute atomic E-state index is 0.841. The van der Waals surface area contributed by atoms with Crippen LogP contribution in [0.1, 0.15) is 19.3 Å². The van der Waals surface area contributed by atoms with E-state index in [0.29, 0.717) is 0 Å². The van der Waals surface area contributed by atoms with Crippen molar-refractivity contribution in [3.8, 4) is 0 Å². The molecule has 86 valence electrons. The van der Waals surface area contributed by atoms with E-state index in [1.165, 1.54) is 65.1 Å². The van der Waals surface area contributed by atoms with E-state index in [1.54, 1.807) is 0 Å². The Hall–Kier alpha value is -0.120. The fraction of sp³-hybridized carbons (Fsp3) is 1.00. The molecule has 1 N–H and O–H groups in total. The summed E-state index contributed by atoms with van der Waals surface area (Å²) in [4.78, 5) is 5.37. The van der Waals surface area contributed by atoms with E-state index in [2.05, 4.69) is 15.1 Å². The van der Waals surface area contributed by atoms with Gasteiger partial charge in [0.25, 0.3) is 0 Å². The molecule has 0 radical (unpaired) electrons. The molecule has 0 aromatic carbocycles. The van der Waals surface area contributed by atoms with Crippen molar-refractivity contribution in [3.05, 3.63) is 0 Å². The molecule has 0 amide bonds. The molecule has 0 spiro atoms. The lowest BCUT2D eigenvalue weighted by molar-refractivity contribution is 0.0995. The van der Waals surface area contributed by atoms with E-state index in [9.17, 15) is 0 Å². The topological polar surface area (TPSA) is 18.5 Å². The van der Waals surface area contributed by atoms with Crippen LogP contribution in [-0.4, -0.2) is 61.7 Å². The zero-order valence-corrected chi connectivity index (χ0v) is 9.62. The van der Waals surface area contributed by atoms with Crippen LogP contribution in [0, 0.1) is 5.92 Å². The first-order valence-corrected chi connectivity index (χ1v) is 6.59. The van der Waals surface area contributed by atoms with Gasteiger partial charge < -0.3 is 10.2 Å². The molecule has 1 aliphatic carbocycles. The van der Waals surface area contributed by atoms with Gasteiger partial charge in [0.1, 0.15) is 0 Å². The van der Waals surface area contributed by atoms with Gasteiger partial charge in [-0.15, -0.1) is 0 Å². The van der Waals surface area contributed by atoms with Gasteiger partial charge in [-0.3, -0.25) is 4.90 Å². The monoisotopic (exact) mass is 209 g/mol.